The van der Waals surface area contributed by atoms with Crippen molar-refractivity contribution in [2.75, 3.05) is 0 Å². The lowest BCUT2D eigenvalue weighted by Gasteiger charge is -2.52. The van der Waals surface area contributed by atoms with E-state index in [4.69, 9.17) is 0 Å². The third-order valence-corrected chi connectivity index (χ3v) is 5.76. The smallest absolute Gasteiger partial charge is 0.0607 e. The van der Waals surface area contributed by atoms with E-state index >= 15 is 0 Å². The van der Waals surface area contributed by atoms with Crippen LogP contribution in [0.15, 0.2) is 5.16 Å². The molecule has 0 amide bonds. The third-order valence-electron chi connectivity index (χ3n) is 5.76. The predicted molar refractivity (Wildman–Crippen MR) is 71.4 cm³/mol. The van der Waals surface area contributed by atoms with Crippen LogP contribution in [0.4, 0.5) is 0 Å². The monoisotopic (exact) mass is 237 g/mol. The molecule has 2 heteroatoms. The Bertz CT molecular complexity index is 310. The standard InChI is InChI=1S/C15H27NO/c1-10(2)12-6-7-13-14(16-17)8-5-11(3)15(13,4)9-12/h10-13,17H,5-9H2,1-4H3/b16-14-/t11-,12-,13+,15+/m1/s1. The molecule has 0 bridgehead atoms. The summed E-state index contributed by atoms with van der Waals surface area (Å²) in [7, 11) is 0. The van der Waals surface area contributed by atoms with E-state index in [0.29, 0.717) is 11.3 Å². The molecule has 2 saturated carbocycles. The fourth-order valence-electron chi connectivity index (χ4n) is 4.17. The second kappa shape index (κ2) is 4.62. The molecule has 1 N–H and O–H groups in total. The lowest BCUT2D eigenvalue weighted by molar-refractivity contribution is 0.0247. The van der Waals surface area contributed by atoms with Gasteiger partial charge in [-0.1, -0.05) is 32.9 Å². The number of fused-ring (bicyclic) bond motifs is 1. The topological polar surface area (TPSA) is 32.6 Å². The Morgan fingerprint density at radius 2 is 2.00 bits per heavy atom. The minimum Gasteiger partial charge on any atom is -0.411 e. The normalized spacial score (nSPS) is 45.0. The van der Waals surface area contributed by atoms with Gasteiger partial charge in [-0.05, 0) is 55.3 Å². The van der Waals surface area contributed by atoms with Gasteiger partial charge in [0.25, 0.3) is 0 Å². The number of nitrogens with zero attached hydrogens (tertiary/aromatic N) is 1. The molecule has 0 spiro atoms. The van der Waals surface area contributed by atoms with Gasteiger partial charge in [0.2, 0.25) is 0 Å². The summed E-state index contributed by atoms with van der Waals surface area (Å²) in [6.07, 6.45) is 6.05. The maximum absolute atomic E-state index is 9.19. The molecule has 2 nitrogen and oxygen atoms in total. The lowest BCUT2D eigenvalue weighted by Crippen LogP contribution is -2.47. The van der Waals surface area contributed by atoms with Gasteiger partial charge in [-0.25, -0.2) is 0 Å². The zero-order valence-corrected chi connectivity index (χ0v) is 11.7. The van der Waals surface area contributed by atoms with Gasteiger partial charge < -0.3 is 5.21 Å². The second-order valence-corrected chi connectivity index (χ2v) is 6.88. The first-order valence-corrected chi connectivity index (χ1v) is 7.20. The largest absolute Gasteiger partial charge is 0.411 e. The van der Waals surface area contributed by atoms with Gasteiger partial charge in [0, 0.05) is 5.92 Å². The van der Waals surface area contributed by atoms with Gasteiger partial charge in [0.1, 0.15) is 0 Å². The maximum atomic E-state index is 9.19. The minimum atomic E-state index is 0.368. The van der Waals surface area contributed by atoms with E-state index in [-0.39, 0.29) is 0 Å². The minimum absolute atomic E-state index is 0.368. The highest BCUT2D eigenvalue weighted by molar-refractivity contribution is 5.87. The molecule has 0 aromatic heterocycles. The van der Waals surface area contributed by atoms with Crippen molar-refractivity contribution in [2.24, 2.45) is 34.2 Å². The maximum Gasteiger partial charge on any atom is 0.0607 e. The highest BCUT2D eigenvalue weighted by atomic mass is 16.4. The Morgan fingerprint density at radius 1 is 1.29 bits per heavy atom. The van der Waals surface area contributed by atoms with Crippen LogP contribution in [0.25, 0.3) is 0 Å². The molecule has 17 heavy (non-hydrogen) atoms. The molecule has 4 atom stereocenters. The van der Waals surface area contributed by atoms with Crippen LogP contribution in [0.3, 0.4) is 0 Å². The van der Waals surface area contributed by atoms with Crippen molar-refractivity contribution < 1.29 is 5.21 Å². The van der Waals surface area contributed by atoms with Crippen molar-refractivity contribution in [3.05, 3.63) is 0 Å². The molecule has 2 aliphatic carbocycles. The molecule has 0 aliphatic heterocycles. The summed E-state index contributed by atoms with van der Waals surface area (Å²) in [6, 6.07) is 0. The summed E-state index contributed by atoms with van der Waals surface area (Å²) in [4.78, 5) is 0. The first-order chi connectivity index (χ1) is 7.99. The van der Waals surface area contributed by atoms with E-state index in [0.717, 1.165) is 29.9 Å². The van der Waals surface area contributed by atoms with Crippen LogP contribution in [-0.2, 0) is 0 Å². The Morgan fingerprint density at radius 3 is 2.59 bits per heavy atom. The van der Waals surface area contributed by atoms with E-state index in [9.17, 15) is 5.21 Å². The van der Waals surface area contributed by atoms with E-state index in [2.05, 4.69) is 32.9 Å². The van der Waals surface area contributed by atoms with Crippen LogP contribution < -0.4 is 0 Å². The van der Waals surface area contributed by atoms with Crippen molar-refractivity contribution in [3.8, 4) is 0 Å². The summed E-state index contributed by atoms with van der Waals surface area (Å²) >= 11 is 0. The van der Waals surface area contributed by atoms with Crippen LogP contribution >= 0.6 is 0 Å². The summed E-state index contributed by atoms with van der Waals surface area (Å²) in [5.41, 5.74) is 1.44. The molecule has 2 fully saturated rings. The summed E-state index contributed by atoms with van der Waals surface area (Å²) < 4.78 is 0. The molecule has 0 aromatic carbocycles. The van der Waals surface area contributed by atoms with Crippen LogP contribution in [0.5, 0.6) is 0 Å². The molecule has 98 valence electrons. The SMILES string of the molecule is CC(C)[C@@H]1CC[C@H]2/C(=N\O)CC[C@@H](C)[C@]2(C)C1. The zero-order chi connectivity index (χ0) is 12.6. The molecule has 0 saturated heterocycles. The van der Waals surface area contributed by atoms with Crippen LogP contribution in [0.2, 0.25) is 0 Å². The molecule has 0 aromatic rings. The average Bonchev–Trinajstić information content (AvgIpc) is 2.30. The van der Waals surface area contributed by atoms with Gasteiger partial charge in [0.15, 0.2) is 0 Å². The van der Waals surface area contributed by atoms with E-state index < -0.39 is 0 Å². The van der Waals surface area contributed by atoms with E-state index in [1.54, 1.807) is 0 Å². The molecular formula is C15H27NO. The highest BCUT2D eigenvalue weighted by Crippen LogP contribution is 2.54. The molecule has 0 unspecified atom stereocenters. The predicted octanol–water partition coefficient (Wildman–Crippen LogP) is 4.33. The molecule has 0 heterocycles. The van der Waals surface area contributed by atoms with Gasteiger partial charge in [0.05, 0.1) is 5.71 Å². The Balaban J connectivity index is 2.24. The van der Waals surface area contributed by atoms with Crippen LogP contribution in [-0.4, -0.2) is 10.9 Å². The molecular weight excluding hydrogens is 210 g/mol. The zero-order valence-electron chi connectivity index (χ0n) is 11.7. The van der Waals surface area contributed by atoms with E-state index in [1.165, 1.54) is 25.7 Å². The first kappa shape index (κ1) is 12.9. The number of hydrogen-bond acceptors (Lipinski definition) is 2. The third kappa shape index (κ3) is 2.11. The Hall–Kier alpha value is -0.530. The van der Waals surface area contributed by atoms with Gasteiger partial charge in [-0.2, -0.15) is 0 Å². The summed E-state index contributed by atoms with van der Waals surface area (Å²) in [5.74, 6) is 2.94. The Labute approximate surface area is 105 Å². The molecule has 2 rings (SSSR count). The van der Waals surface area contributed by atoms with Crippen molar-refractivity contribution in [1.29, 1.82) is 0 Å². The van der Waals surface area contributed by atoms with Gasteiger partial charge >= 0.3 is 0 Å². The van der Waals surface area contributed by atoms with Crippen LogP contribution in [0.1, 0.15) is 59.8 Å². The first-order valence-electron chi connectivity index (χ1n) is 7.20. The number of oxime groups is 1. The van der Waals surface area contributed by atoms with Crippen molar-refractivity contribution in [2.45, 2.75) is 59.8 Å². The quantitative estimate of drug-likeness (QED) is 0.534. The number of hydrogen-bond donors (Lipinski definition) is 1. The summed E-state index contributed by atoms with van der Waals surface area (Å²) in [5, 5.41) is 12.8. The van der Waals surface area contributed by atoms with Gasteiger partial charge in [-0.15, -0.1) is 0 Å². The number of rotatable bonds is 1. The molecule has 0 radical (unpaired) electrons. The fourth-order valence-corrected chi connectivity index (χ4v) is 4.17. The van der Waals surface area contributed by atoms with Crippen molar-refractivity contribution in [1.82, 2.24) is 0 Å². The van der Waals surface area contributed by atoms with Crippen molar-refractivity contribution >= 4 is 5.71 Å². The highest BCUT2D eigenvalue weighted by Gasteiger charge is 2.48. The van der Waals surface area contributed by atoms with Crippen molar-refractivity contribution in [3.63, 3.8) is 0 Å². The van der Waals surface area contributed by atoms with Crippen LogP contribution in [0, 0.1) is 29.1 Å². The molecule has 2 aliphatic rings. The van der Waals surface area contributed by atoms with Gasteiger partial charge in [-0.3, -0.25) is 0 Å². The second-order valence-electron chi connectivity index (χ2n) is 6.88. The fraction of sp³-hybridized carbons (Fsp3) is 0.933. The Kier molecular flexibility index (Phi) is 3.51. The average molecular weight is 237 g/mol. The summed E-state index contributed by atoms with van der Waals surface area (Å²) in [6.45, 7) is 9.52. The lowest BCUT2D eigenvalue weighted by atomic mass is 9.52. The van der Waals surface area contributed by atoms with E-state index in [1.807, 2.05) is 0 Å².